The van der Waals surface area contributed by atoms with Crippen molar-refractivity contribution < 1.29 is 0 Å². The highest BCUT2D eigenvalue weighted by atomic mass is 15.0. The summed E-state index contributed by atoms with van der Waals surface area (Å²) < 4.78 is 0. The predicted octanol–water partition coefficient (Wildman–Crippen LogP) is 3.85. The van der Waals surface area contributed by atoms with Crippen molar-refractivity contribution in [3.8, 4) is 0 Å². The largest absolute Gasteiger partial charge is 0.307 e. The van der Waals surface area contributed by atoms with Crippen LogP contribution in [0.5, 0.6) is 0 Å². The zero-order valence-corrected chi connectivity index (χ0v) is 11.4. The molecule has 1 heterocycles. The first kappa shape index (κ1) is 12.2. The number of nitrogens with zero attached hydrogens (tertiary/aromatic N) is 1. The molecule has 0 aromatic carbocycles. The minimum atomic E-state index is 0.433. The molecule has 2 aliphatic carbocycles. The number of hydrogen-bond acceptors (Lipinski definition) is 2. The Morgan fingerprint density at radius 1 is 1.28 bits per heavy atom. The van der Waals surface area contributed by atoms with Gasteiger partial charge in [-0.25, -0.2) is 0 Å². The highest BCUT2D eigenvalue weighted by Gasteiger charge is 2.46. The van der Waals surface area contributed by atoms with Crippen LogP contribution in [0.3, 0.4) is 0 Å². The molecule has 1 aromatic heterocycles. The number of rotatable bonds is 3. The van der Waals surface area contributed by atoms with Gasteiger partial charge in [-0.15, -0.1) is 0 Å². The van der Waals surface area contributed by atoms with E-state index in [1.807, 2.05) is 18.5 Å². The Hall–Kier alpha value is -0.890. The maximum Gasteiger partial charge on any atom is 0.0315 e. The average Bonchev–Trinajstić information content (AvgIpc) is 2.45. The molecule has 0 aliphatic heterocycles. The third kappa shape index (κ3) is 2.18. The summed E-state index contributed by atoms with van der Waals surface area (Å²) in [6.07, 6.45) is 13.9. The summed E-state index contributed by atoms with van der Waals surface area (Å²) >= 11 is 0. The van der Waals surface area contributed by atoms with Crippen LogP contribution in [0.2, 0.25) is 0 Å². The summed E-state index contributed by atoms with van der Waals surface area (Å²) in [5.41, 5.74) is 1.96. The summed E-state index contributed by atoms with van der Waals surface area (Å²) in [6.45, 7) is 2.27. The third-order valence-corrected chi connectivity index (χ3v) is 5.16. The van der Waals surface area contributed by atoms with Crippen molar-refractivity contribution >= 4 is 0 Å². The summed E-state index contributed by atoms with van der Waals surface area (Å²) in [7, 11) is 0. The Morgan fingerprint density at radius 2 is 2.11 bits per heavy atom. The predicted molar refractivity (Wildman–Crippen MR) is 74.3 cm³/mol. The van der Waals surface area contributed by atoms with Gasteiger partial charge in [-0.2, -0.15) is 0 Å². The molecule has 2 fully saturated rings. The number of aromatic nitrogens is 1. The van der Waals surface area contributed by atoms with Crippen LogP contribution >= 0.6 is 0 Å². The maximum atomic E-state index is 4.22. The minimum Gasteiger partial charge on any atom is -0.307 e. The molecule has 1 spiro atoms. The second-order valence-corrected chi connectivity index (χ2v) is 6.19. The van der Waals surface area contributed by atoms with Gasteiger partial charge in [-0.3, -0.25) is 4.98 Å². The minimum absolute atomic E-state index is 0.433. The smallest absolute Gasteiger partial charge is 0.0315 e. The molecule has 0 saturated heterocycles. The van der Waals surface area contributed by atoms with Crippen molar-refractivity contribution in [1.29, 1.82) is 0 Å². The van der Waals surface area contributed by atoms with Crippen molar-refractivity contribution in [2.45, 2.75) is 64.0 Å². The summed E-state index contributed by atoms with van der Waals surface area (Å²) in [5, 5.41) is 3.85. The van der Waals surface area contributed by atoms with E-state index in [1.165, 1.54) is 50.5 Å². The van der Waals surface area contributed by atoms with Gasteiger partial charge in [-0.1, -0.05) is 25.3 Å². The number of hydrogen-bond donors (Lipinski definition) is 1. The van der Waals surface area contributed by atoms with E-state index in [4.69, 9.17) is 0 Å². The van der Waals surface area contributed by atoms with Gasteiger partial charge in [0.25, 0.3) is 0 Å². The van der Waals surface area contributed by atoms with Crippen LogP contribution < -0.4 is 5.32 Å². The summed E-state index contributed by atoms with van der Waals surface area (Å²) in [6, 6.07) is 5.39. The molecule has 1 N–H and O–H groups in total. The van der Waals surface area contributed by atoms with Gasteiger partial charge in [-0.05, 0) is 49.7 Å². The Kier molecular flexibility index (Phi) is 3.38. The molecule has 98 valence electrons. The molecule has 2 heteroatoms. The van der Waals surface area contributed by atoms with E-state index in [9.17, 15) is 0 Å². The molecule has 3 rings (SSSR count). The van der Waals surface area contributed by atoms with Gasteiger partial charge >= 0.3 is 0 Å². The Morgan fingerprint density at radius 3 is 2.72 bits per heavy atom. The fraction of sp³-hybridized carbons (Fsp3) is 0.688. The molecule has 2 aliphatic rings. The van der Waals surface area contributed by atoms with Crippen LogP contribution in [-0.2, 0) is 0 Å². The van der Waals surface area contributed by atoms with Crippen LogP contribution in [-0.4, -0.2) is 11.0 Å². The summed E-state index contributed by atoms with van der Waals surface area (Å²) in [4.78, 5) is 4.22. The van der Waals surface area contributed by atoms with Gasteiger partial charge in [0.15, 0.2) is 0 Å². The van der Waals surface area contributed by atoms with Gasteiger partial charge in [0.1, 0.15) is 0 Å². The molecule has 0 bridgehead atoms. The van der Waals surface area contributed by atoms with E-state index in [2.05, 4.69) is 23.3 Å². The van der Waals surface area contributed by atoms with E-state index in [0.717, 1.165) is 6.04 Å². The number of nitrogens with one attached hydrogen (secondary N) is 1. The number of pyridine rings is 1. The van der Waals surface area contributed by atoms with Gasteiger partial charge in [0.05, 0.1) is 0 Å². The van der Waals surface area contributed by atoms with Crippen molar-refractivity contribution in [3.63, 3.8) is 0 Å². The van der Waals surface area contributed by atoms with E-state index in [1.54, 1.807) is 0 Å². The molecule has 2 saturated carbocycles. The molecule has 2 nitrogen and oxygen atoms in total. The molecule has 1 unspecified atom stereocenters. The zero-order valence-electron chi connectivity index (χ0n) is 11.4. The molecule has 2 atom stereocenters. The lowest BCUT2D eigenvalue weighted by atomic mass is 9.57. The lowest BCUT2D eigenvalue weighted by Gasteiger charge is -2.53. The fourth-order valence-corrected chi connectivity index (χ4v) is 3.84. The molecule has 18 heavy (non-hydrogen) atoms. The monoisotopic (exact) mass is 244 g/mol. The normalized spacial score (nSPS) is 27.7. The van der Waals surface area contributed by atoms with E-state index in [-0.39, 0.29) is 0 Å². The van der Waals surface area contributed by atoms with Crippen molar-refractivity contribution in [3.05, 3.63) is 30.1 Å². The standard InChI is InChI=1S/C16H24N2/c1-13(14-6-5-11-17-12-14)18-15-7-10-16(15)8-3-2-4-9-16/h5-6,11-13,15,18H,2-4,7-10H2,1H3/t13-,15?/m1/s1. The zero-order chi connectivity index (χ0) is 12.4. The first-order chi connectivity index (χ1) is 8.80. The lowest BCUT2D eigenvalue weighted by molar-refractivity contribution is 0.0174. The lowest BCUT2D eigenvalue weighted by Crippen LogP contribution is -2.54. The van der Waals surface area contributed by atoms with Gasteiger partial charge < -0.3 is 5.32 Å². The molecule has 0 radical (unpaired) electrons. The topological polar surface area (TPSA) is 24.9 Å². The van der Waals surface area contributed by atoms with Crippen molar-refractivity contribution in [2.75, 3.05) is 0 Å². The van der Waals surface area contributed by atoms with Crippen molar-refractivity contribution in [1.82, 2.24) is 10.3 Å². The van der Waals surface area contributed by atoms with Crippen LogP contribution in [0.4, 0.5) is 0 Å². The molecular weight excluding hydrogens is 220 g/mol. The van der Waals surface area contributed by atoms with Crippen molar-refractivity contribution in [2.24, 2.45) is 5.41 Å². The average molecular weight is 244 g/mol. The quantitative estimate of drug-likeness (QED) is 0.873. The highest BCUT2D eigenvalue weighted by molar-refractivity contribution is 5.14. The van der Waals surface area contributed by atoms with Crippen LogP contribution in [0.1, 0.15) is 63.5 Å². The molecule has 0 amide bonds. The van der Waals surface area contributed by atoms with Crippen LogP contribution in [0.15, 0.2) is 24.5 Å². The first-order valence-corrected chi connectivity index (χ1v) is 7.46. The highest BCUT2D eigenvalue weighted by Crippen LogP contribution is 2.52. The van der Waals surface area contributed by atoms with E-state index >= 15 is 0 Å². The van der Waals surface area contributed by atoms with Gasteiger partial charge in [0, 0.05) is 24.5 Å². The molecule has 1 aromatic rings. The Balaban J connectivity index is 1.63. The van der Waals surface area contributed by atoms with E-state index in [0.29, 0.717) is 11.5 Å². The third-order valence-electron chi connectivity index (χ3n) is 5.16. The second-order valence-electron chi connectivity index (χ2n) is 6.19. The molecular formula is C16H24N2. The second kappa shape index (κ2) is 5.00. The SMILES string of the molecule is C[C@@H](NC1CCC12CCCCC2)c1cccnc1. The van der Waals surface area contributed by atoms with Gasteiger partial charge in [0.2, 0.25) is 0 Å². The van der Waals surface area contributed by atoms with E-state index < -0.39 is 0 Å². The first-order valence-electron chi connectivity index (χ1n) is 7.46. The Labute approximate surface area is 110 Å². The van der Waals surface area contributed by atoms with Crippen LogP contribution in [0.25, 0.3) is 0 Å². The summed E-state index contributed by atoms with van der Waals surface area (Å²) in [5.74, 6) is 0. The van der Waals surface area contributed by atoms with Crippen LogP contribution in [0, 0.1) is 5.41 Å². The fourth-order valence-electron chi connectivity index (χ4n) is 3.84. The Bertz CT molecular complexity index is 381. The maximum absolute atomic E-state index is 4.22.